The van der Waals surface area contributed by atoms with Crippen LogP contribution in [0.1, 0.15) is 45.4 Å². The smallest absolute Gasteiger partial charge is 0.303 e. The first-order valence-electron chi connectivity index (χ1n) is 7.87. The molecule has 0 saturated carbocycles. The highest BCUT2D eigenvalue weighted by molar-refractivity contribution is 5.66. The maximum absolute atomic E-state index is 10.6. The molecule has 0 aromatic carbocycles. The van der Waals surface area contributed by atoms with Crippen molar-refractivity contribution in [2.45, 2.75) is 51.5 Å². The second-order valence-corrected chi connectivity index (χ2v) is 6.15. The molecule has 2 rings (SSSR count). The fourth-order valence-electron chi connectivity index (χ4n) is 3.58. The molecule has 0 aromatic rings. The molecule has 2 heterocycles. The Kier molecular flexibility index (Phi) is 5.64. The van der Waals surface area contributed by atoms with Crippen LogP contribution >= 0.6 is 0 Å². The van der Waals surface area contributed by atoms with E-state index in [1.54, 1.807) is 0 Å². The molecule has 4 heteroatoms. The fourth-order valence-corrected chi connectivity index (χ4v) is 3.58. The van der Waals surface area contributed by atoms with E-state index < -0.39 is 5.97 Å². The Hall–Kier alpha value is -0.610. The van der Waals surface area contributed by atoms with E-state index in [4.69, 9.17) is 5.11 Å². The van der Waals surface area contributed by atoms with Gasteiger partial charge < -0.3 is 14.9 Å². The third-order valence-corrected chi connectivity index (χ3v) is 4.70. The van der Waals surface area contributed by atoms with Crippen LogP contribution < -0.4 is 0 Å². The van der Waals surface area contributed by atoms with Crippen LogP contribution in [0.25, 0.3) is 0 Å². The number of carboxylic acid groups (broad SMARTS) is 1. The third kappa shape index (κ3) is 4.46. The Balaban J connectivity index is 1.68. The minimum Gasteiger partial charge on any atom is -0.481 e. The molecule has 2 saturated heterocycles. The quantitative estimate of drug-likeness (QED) is 0.800. The number of likely N-dealkylation sites (tertiary alicyclic amines) is 2. The summed E-state index contributed by atoms with van der Waals surface area (Å²) in [6, 6.07) is 0.753. The van der Waals surface area contributed by atoms with Gasteiger partial charge in [0, 0.05) is 19.0 Å². The lowest BCUT2D eigenvalue weighted by Crippen LogP contribution is -2.44. The van der Waals surface area contributed by atoms with Crippen molar-refractivity contribution in [3.05, 3.63) is 0 Å². The topological polar surface area (TPSA) is 43.8 Å². The summed E-state index contributed by atoms with van der Waals surface area (Å²) in [6.07, 6.45) is 6.25. The van der Waals surface area contributed by atoms with Crippen LogP contribution in [0, 0.1) is 5.92 Å². The minimum absolute atomic E-state index is 0.341. The van der Waals surface area contributed by atoms with Gasteiger partial charge in [-0.25, -0.2) is 0 Å². The summed E-state index contributed by atoms with van der Waals surface area (Å²) in [7, 11) is 0. The second kappa shape index (κ2) is 7.25. The number of rotatable bonds is 6. The van der Waals surface area contributed by atoms with Gasteiger partial charge in [0.05, 0.1) is 0 Å². The summed E-state index contributed by atoms with van der Waals surface area (Å²) in [6.45, 7) is 8.30. The van der Waals surface area contributed by atoms with E-state index in [0.717, 1.165) is 19.0 Å². The van der Waals surface area contributed by atoms with Crippen LogP contribution in [0.5, 0.6) is 0 Å². The van der Waals surface area contributed by atoms with Crippen LogP contribution in [0.3, 0.4) is 0 Å². The van der Waals surface area contributed by atoms with E-state index in [2.05, 4.69) is 16.7 Å². The van der Waals surface area contributed by atoms with E-state index in [1.807, 2.05) is 0 Å². The Morgan fingerprint density at radius 3 is 2.58 bits per heavy atom. The number of piperidine rings is 1. The van der Waals surface area contributed by atoms with Crippen LogP contribution in [-0.2, 0) is 4.79 Å². The van der Waals surface area contributed by atoms with Crippen LogP contribution in [0.15, 0.2) is 0 Å². The summed E-state index contributed by atoms with van der Waals surface area (Å²) in [5.74, 6) is -0.0314. The molecule has 4 nitrogen and oxygen atoms in total. The van der Waals surface area contributed by atoms with Gasteiger partial charge in [0.25, 0.3) is 0 Å². The highest BCUT2D eigenvalue weighted by Gasteiger charge is 2.30. The van der Waals surface area contributed by atoms with Gasteiger partial charge in [0.1, 0.15) is 0 Å². The van der Waals surface area contributed by atoms with Gasteiger partial charge in [0.2, 0.25) is 0 Å². The molecule has 1 N–H and O–H groups in total. The summed E-state index contributed by atoms with van der Waals surface area (Å²) < 4.78 is 0. The lowest BCUT2D eigenvalue weighted by Gasteiger charge is -2.36. The lowest BCUT2D eigenvalue weighted by molar-refractivity contribution is -0.137. The molecule has 2 aliphatic heterocycles. The van der Waals surface area contributed by atoms with Crippen LogP contribution in [0.2, 0.25) is 0 Å². The Bertz CT molecular complexity index is 288. The maximum Gasteiger partial charge on any atom is 0.303 e. The van der Waals surface area contributed by atoms with Crippen molar-refractivity contribution >= 4 is 5.97 Å². The monoisotopic (exact) mass is 268 g/mol. The molecular formula is C15H28N2O2. The minimum atomic E-state index is -0.647. The van der Waals surface area contributed by atoms with Crippen molar-refractivity contribution < 1.29 is 9.90 Å². The van der Waals surface area contributed by atoms with Gasteiger partial charge in [-0.15, -0.1) is 0 Å². The summed E-state index contributed by atoms with van der Waals surface area (Å²) >= 11 is 0. The number of hydrogen-bond donors (Lipinski definition) is 1. The molecule has 110 valence electrons. The van der Waals surface area contributed by atoms with Crippen molar-refractivity contribution in [3.8, 4) is 0 Å². The summed E-state index contributed by atoms with van der Waals surface area (Å²) in [5.41, 5.74) is 0. The first-order valence-corrected chi connectivity index (χ1v) is 7.87. The standard InChI is InChI=1S/C15H28N2O2/c1-2-8-16-9-6-14(7-10-16)17-11-5-13(12-17)3-4-15(18)19/h13-14H,2-12H2,1H3,(H,18,19). The second-order valence-electron chi connectivity index (χ2n) is 6.15. The average molecular weight is 268 g/mol. The molecule has 19 heavy (non-hydrogen) atoms. The van der Waals surface area contributed by atoms with E-state index in [-0.39, 0.29) is 0 Å². The first-order chi connectivity index (χ1) is 9.19. The van der Waals surface area contributed by atoms with E-state index in [9.17, 15) is 4.79 Å². The normalized spacial score (nSPS) is 26.9. The number of carboxylic acids is 1. The summed E-state index contributed by atoms with van der Waals surface area (Å²) in [4.78, 5) is 15.8. The molecule has 0 aromatic heterocycles. The number of aliphatic carboxylic acids is 1. The Labute approximate surface area is 116 Å². The molecule has 0 bridgehead atoms. The molecule has 0 radical (unpaired) electrons. The highest BCUT2D eigenvalue weighted by atomic mass is 16.4. The molecular weight excluding hydrogens is 240 g/mol. The van der Waals surface area contributed by atoms with Crippen molar-refractivity contribution in [1.82, 2.24) is 9.80 Å². The molecule has 1 unspecified atom stereocenters. The SMILES string of the molecule is CCCN1CCC(N2CCC(CCC(=O)O)C2)CC1. The summed E-state index contributed by atoms with van der Waals surface area (Å²) in [5, 5.41) is 8.75. The van der Waals surface area contributed by atoms with Gasteiger partial charge >= 0.3 is 5.97 Å². The fraction of sp³-hybridized carbons (Fsp3) is 0.933. The van der Waals surface area contributed by atoms with E-state index in [1.165, 1.54) is 51.9 Å². The van der Waals surface area contributed by atoms with Gasteiger partial charge in [-0.3, -0.25) is 4.79 Å². The molecule has 0 aliphatic carbocycles. The predicted octanol–water partition coefficient (Wildman–Crippen LogP) is 2.05. The number of hydrogen-bond acceptors (Lipinski definition) is 3. The van der Waals surface area contributed by atoms with E-state index >= 15 is 0 Å². The van der Waals surface area contributed by atoms with Gasteiger partial charge in [-0.2, -0.15) is 0 Å². The molecule has 0 spiro atoms. The maximum atomic E-state index is 10.6. The zero-order chi connectivity index (χ0) is 13.7. The zero-order valence-corrected chi connectivity index (χ0v) is 12.2. The van der Waals surface area contributed by atoms with Gasteiger partial charge in [-0.1, -0.05) is 6.92 Å². The lowest BCUT2D eigenvalue weighted by atomic mass is 10.0. The average Bonchev–Trinajstić information content (AvgIpc) is 2.86. The van der Waals surface area contributed by atoms with Gasteiger partial charge in [0.15, 0.2) is 0 Å². The molecule has 2 aliphatic rings. The first kappa shape index (κ1) is 14.8. The van der Waals surface area contributed by atoms with Crippen LogP contribution in [0.4, 0.5) is 0 Å². The third-order valence-electron chi connectivity index (χ3n) is 4.70. The molecule has 0 amide bonds. The van der Waals surface area contributed by atoms with Gasteiger partial charge in [-0.05, 0) is 64.2 Å². The predicted molar refractivity (Wildman–Crippen MR) is 76.3 cm³/mol. The molecule has 1 atom stereocenters. The number of carbonyl (C=O) groups is 1. The van der Waals surface area contributed by atoms with Crippen molar-refractivity contribution in [1.29, 1.82) is 0 Å². The Morgan fingerprint density at radius 1 is 1.21 bits per heavy atom. The van der Waals surface area contributed by atoms with Crippen LogP contribution in [-0.4, -0.2) is 59.6 Å². The molecule has 2 fully saturated rings. The van der Waals surface area contributed by atoms with Crippen molar-refractivity contribution in [2.75, 3.05) is 32.7 Å². The van der Waals surface area contributed by atoms with E-state index in [0.29, 0.717) is 12.3 Å². The van der Waals surface area contributed by atoms with Crippen molar-refractivity contribution in [3.63, 3.8) is 0 Å². The Morgan fingerprint density at radius 2 is 1.95 bits per heavy atom. The largest absolute Gasteiger partial charge is 0.481 e. The zero-order valence-electron chi connectivity index (χ0n) is 12.2. The number of nitrogens with zero attached hydrogens (tertiary/aromatic N) is 2. The van der Waals surface area contributed by atoms with Crippen molar-refractivity contribution in [2.24, 2.45) is 5.92 Å². The highest BCUT2D eigenvalue weighted by Crippen LogP contribution is 2.26.